The van der Waals surface area contributed by atoms with Crippen LogP contribution in [0.5, 0.6) is 0 Å². The molecule has 0 fully saturated rings. The molecule has 4 aromatic rings. The number of nitrogens with zero attached hydrogens (tertiary/aromatic N) is 4. The number of nitrogens with two attached hydrogens (primary N) is 1. The maximum absolute atomic E-state index is 10.2. The van der Waals surface area contributed by atoms with Crippen LogP contribution in [0, 0.1) is 0 Å². The highest BCUT2D eigenvalue weighted by molar-refractivity contribution is 6.38. The maximum Gasteiger partial charge on any atom is 0.164 e. The van der Waals surface area contributed by atoms with E-state index in [2.05, 4.69) is 15.0 Å². The molecule has 1 unspecified atom stereocenters. The topological polar surface area (TPSA) is 106 Å². The Balaban J connectivity index is 2.00. The number of anilines is 1. The summed E-state index contributed by atoms with van der Waals surface area (Å²) in [4.78, 5) is 11.9. The molecule has 4 N–H and O–H groups in total. The fourth-order valence-corrected chi connectivity index (χ4v) is 3.71. The first-order chi connectivity index (χ1) is 13.2. The van der Waals surface area contributed by atoms with Gasteiger partial charge in [0.1, 0.15) is 17.8 Å². The van der Waals surface area contributed by atoms with Crippen molar-refractivity contribution in [2.75, 3.05) is 5.73 Å². The molecule has 28 heavy (non-hydrogen) atoms. The molecule has 8 heteroatoms. The number of H-pyrrole nitrogens is 1. The molecule has 0 aliphatic rings. The van der Waals surface area contributed by atoms with Crippen LogP contribution in [-0.2, 0) is 5.54 Å². The van der Waals surface area contributed by atoms with Gasteiger partial charge in [0, 0.05) is 10.9 Å². The smallest absolute Gasteiger partial charge is 0.164 e. The van der Waals surface area contributed by atoms with E-state index in [4.69, 9.17) is 22.4 Å². The maximum atomic E-state index is 10.2. The van der Waals surface area contributed by atoms with Gasteiger partial charge in [-0.15, -0.1) is 0 Å². The average molecular weight is 399 g/mol. The van der Waals surface area contributed by atoms with Crippen molar-refractivity contribution in [3.05, 3.63) is 35.1 Å². The second kappa shape index (κ2) is 6.46. The Morgan fingerprint density at radius 2 is 2.04 bits per heavy atom. The van der Waals surface area contributed by atoms with Crippen molar-refractivity contribution in [1.29, 1.82) is 0 Å². The number of aliphatic hydroxyl groups excluding tert-OH is 1. The first-order valence-electron chi connectivity index (χ1n) is 9.21. The van der Waals surface area contributed by atoms with Crippen LogP contribution in [0.2, 0.25) is 5.02 Å². The molecule has 0 amide bonds. The van der Waals surface area contributed by atoms with Gasteiger partial charge in [-0.3, -0.25) is 0 Å². The average Bonchev–Trinajstić information content (AvgIpc) is 3.20. The van der Waals surface area contributed by atoms with Crippen LogP contribution in [0.4, 0.5) is 5.82 Å². The zero-order valence-electron chi connectivity index (χ0n) is 16.3. The van der Waals surface area contributed by atoms with Gasteiger partial charge in [-0.05, 0) is 38.8 Å². The predicted octanol–water partition coefficient (Wildman–Crippen LogP) is 4.41. The van der Waals surface area contributed by atoms with Crippen LogP contribution in [-0.4, -0.2) is 29.8 Å². The molecule has 0 saturated carbocycles. The monoisotopic (exact) mass is 398 g/mol. The highest BCUT2D eigenvalue weighted by Gasteiger charge is 2.26. The summed E-state index contributed by atoms with van der Waals surface area (Å²) in [7, 11) is 0. The van der Waals surface area contributed by atoms with Gasteiger partial charge in [-0.25, -0.2) is 14.6 Å². The lowest BCUT2D eigenvalue weighted by atomic mass is 10.1. The minimum absolute atomic E-state index is 0.297. The number of nitrogens with one attached hydrogen (secondary N) is 1. The van der Waals surface area contributed by atoms with Gasteiger partial charge in [0.25, 0.3) is 0 Å². The van der Waals surface area contributed by atoms with E-state index in [1.165, 1.54) is 6.33 Å². The highest BCUT2D eigenvalue weighted by atomic mass is 35.5. The van der Waals surface area contributed by atoms with E-state index >= 15 is 0 Å². The van der Waals surface area contributed by atoms with E-state index in [9.17, 15) is 5.11 Å². The van der Waals surface area contributed by atoms with E-state index < -0.39 is 6.10 Å². The van der Waals surface area contributed by atoms with Crippen molar-refractivity contribution in [2.24, 2.45) is 0 Å². The predicted molar refractivity (Wildman–Crippen MR) is 112 cm³/mol. The summed E-state index contributed by atoms with van der Waals surface area (Å²) in [5, 5.41) is 17.0. The molecule has 1 aromatic carbocycles. The van der Waals surface area contributed by atoms with Gasteiger partial charge < -0.3 is 15.8 Å². The Labute approximate surface area is 167 Å². The zero-order chi connectivity index (χ0) is 20.2. The zero-order valence-corrected chi connectivity index (χ0v) is 17.0. The van der Waals surface area contributed by atoms with E-state index in [-0.39, 0.29) is 5.54 Å². The summed E-state index contributed by atoms with van der Waals surface area (Å²) in [5.74, 6) is 0.354. The molecule has 0 radical (unpaired) electrons. The van der Waals surface area contributed by atoms with E-state index in [0.29, 0.717) is 39.7 Å². The number of aromatic nitrogens is 5. The summed E-state index contributed by atoms with van der Waals surface area (Å²) < 4.78 is 1.84. The van der Waals surface area contributed by atoms with Gasteiger partial charge in [0.05, 0.1) is 27.7 Å². The van der Waals surface area contributed by atoms with Crippen LogP contribution in [0.1, 0.15) is 45.8 Å². The minimum atomic E-state index is -0.514. The highest BCUT2D eigenvalue weighted by Crippen LogP contribution is 2.39. The molecular weight excluding hydrogens is 376 g/mol. The lowest BCUT2D eigenvalue weighted by Crippen LogP contribution is -2.23. The number of aliphatic hydroxyl groups is 1. The van der Waals surface area contributed by atoms with E-state index in [1.54, 1.807) is 0 Å². The Morgan fingerprint density at radius 1 is 1.29 bits per heavy atom. The fourth-order valence-electron chi connectivity index (χ4n) is 3.40. The van der Waals surface area contributed by atoms with Crippen LogP contribution < -0.4 is 5.73 Å². The fraction of sp³-hybridized carbons (Fsp3) is 0.350. The lowest BCUT2D eigenvalue weighted by molar-refractivity contribution is 0.174. The van der Waals surface area contributed by atoms with Crippen LogP contribution in [0.3, 0.4) is 0 Å². The van der Waals surface area contributed by atoms with Crippen LogP contribution in [0.15, 0.2) is 24.5 Å². The SMILES string of the molecule is CCC(O)c1ccc2c(Cl)c(-c3nn(C(C)(C)C)c4ncnc(N)c34)[nH]c2c1. The Kier molecular flexibility index (Phi) is 4.32. The standard InChI is InChI=1S/C20H23ClN6O/c1-5-13(28)10-6-7-11-12(8-10)25-17(15(11)21)16-14-18(22)23-9-24-19(14)27(26-16)20(2,3)4/h6-9,13,25,28H,5H2,1-4H3,(H2,22,23,24). The van der Waals surface area contributed by atoms with Crippen molar-refractivity contribution in [2.45, 2.75) is 45.8 Å². The van der Waals surface area contributed by atoms with Gasteiger partial charge in [0.15, 0.2) is 5.65 Å². The third kappa shape index (κ3) is 2.82. The Morgan fingerprint density at radius 3 is 2.71 bits per heavy atom. The third-order valence-electron chi connectivity index (χ3n) is 4.90. The quantitative estimate of drug-likeness (QED) is 0.474. The molecule has 1 atom stereocenters. The summed E-state index contributed by atoms with van der Waals surface area (Å²) in [6.45, 7) is 8.09. The molecule has 3 aromatic heterocycles. The first kappa shape index (κ1) is 18.7. The Hall–Kier alpha value is -2.64. The summed E-state index contributed by atoms with van der Waals surface area (Å²) in [5.41, 5.74) is 9.49. The van der Waals surface area contributed by atoms with Gasteiger partial charge in [-0.2, -0.15) is 5.10 Å². The number of benzene rings is 1. The second-order valence-electron chi connectivity index (χ2n) is 7.93. The van der Waals surface area contributed by atoms with Crippen molar-refractivity contribution < 1.29 is 5.11 Å². The second-order valence-corrected chi connectivity index (χ2v) is 8.31. The minimum Gasteiger partial charge on any atom is -0.388 e. The van der Waals surface area contributed by atoms with E-state index in [0.717, 1.165) is 16.5 Å². The largest absolute Gasteiger partial charge is 0.388 e. The number of nitrogen functional groups attached to an aromatic ring is 1. The van der Waals surface area contributed by atoms with Crippen molar-refractivity contribution in [3.63, 3.8) is 0 Å². The number of rotatable bonds is 3. The molecule has 7 nitrogen and oxygen atoms in total. The van der Waals surface area contributed by atoms with Crippen molar-refractivity contribution in [3.8, 4) is 11.4 Å². The molecule has 0 saturated heterocycles. The third-order valence-corrected chi connectivity index (χ3v) is 5.29. The molecule has 3 heterocycles. The molecule has 146 valence electrons. The lowest BCUT2D eigenvalue weighted by Gasteiger charge is -2.19. The molecule has 4 rings (SSSR count). The molecule has 0 aliphatic heterocycles. The Bertz CT molecular complexity index is 1190. The molecule has 0 bridgehead atoms. The number of halogens is 1. The first-order valence-corrected chi connectivity index (χ1v) is 9.59. The normalized spacial score (nSPS) is 13.5. The molecular formula is C20H23ClN6O. The molecule has 0 spiro atoms. The summed E-state index contributed by atoms with van der Waals surface area (Å²) in [6.07, 6.45) is 1.57. The van der Waals surface area contributed by atoms with Crippen LogP contribution >= 0.6 is 11.6 Å². The van der Waals surface area contributed by atoms with E-state index in [1.807, 2.05) is 50.6 Å². The number of fused-ring (bicyclic) bond motifs is 2. The number of hydrogen-bond acceptors (Lipinski definition) is 5. The van der Waals surface area contributed by atoms with Gasteiger partial charge in [-0.1, -0.05) is 30.7 Å². The van der Waals surface area contributed by atoms with Crippen molar-refractivity contribution in [1.82, 2.24) is 24.7 Å². The van der Waals surface area contributed by atoms with Gasteiger partial charge in [0.2, 0.25) is 0 Å². The van der Waals surface area contributed by atoms with Crippen molar-refractivity contribution >= 4 is 39.4 Å². The van der Waals surface area contributed by atoms with Gasteiger partial charge >= 0.3 is 0 Å². The summed E-state index contributed by atoms with van der Waals surface area (Å²) in [6, 6.07) is 5.72. The summed E-state index contributed by atoms with van der Waals surface area (Å²) >= 11 is 6.71. The molecule has 0 aliphatic carbocycles. The number of aromatic amines is 1. The number of hydrogen-bond donors (Lipinski definition) is 3. The van der Waals surface area contributed by atoms with Crippen LogP contribution in [0.25, 0.3) is 33.3 Å².